The highest BCUT2D eigenvalue weighted by atomic mass is 35.5. The van der Waals surface area contributed by atoms with Crippen LogP contribution in [0.4, 0.5) is 4.39 Å². The zero-order chi connectivity index (χ0) is 19.4. The van der Waals surface area contributed by atoms with Gasteiger partial charge in [0.1, 0.15) is 5.82 Å². The van der Waals surface area contributed by atoms with Crippen LogP contribution in [0.3, 0.4) is 0 Å². The van der Waals surface area contributed by atoms with E-state index in [1.807, 2.05) is 6.92 Å². The van der Waals surface area contributed by atoms with E-state index >= 15 is 0 Å². The third-order valence-electron chi connectivity index (χ3n) is 4.62. The molecule has 1 aliphatic rings. The Morgan fingerprint density at radius 3 is 2.70 bits per heavy atom. The second kappa shape index (κ2) is 9.02. The number of halogens is 3. The molecule has 4 nitrogen and oxygen atoms in total. The molecule has 0 unspecified atom stereocenters. The van der Waals surface area contributed by atoms with Gasteiger partial charge in [0.05, 0.1) is 29.3 Å². The summed E-state index contributed by atoms with van der Waals surface area (Å²) in [6.07, 6.45) is 0.0195. The Kier molecular flexibility index (Phi) is 6.71. The number of carbonyl (C=O) groups is 1. The van der Waals surface area contributed by atoms with E-state index < -0.39 is 11.9 Å². The smallest absolute Gasteiger partial charge is 0.252 e. The van der Waals surface area contributed by atoms with Gasteiger partial charge in [-0.1, -0.05) is 41.4 Å². The van der Waals surface area contributed by atoms with E-state index in [2.05, 4.69) is 10.2 Å². The molecule has 2 aromatic rings. The van der Waals surface area contributed by atoms with E-state index in [1.54, 1.807) is 36.4 Å². The van der Waals surface area contributed by atoms with Crippen molar-refractivity contribution in [2.75, 3.05) is 26.2 Å². The van der Waals surface area contributed by atoms with Gasteiger partial charge < -0.3 is 10.1 Å². The predicted molar refractivity (Wildman–Crippen MR) is 105 cm³/mol. The first kappa shape index (κ1) is 20.1. The van der Waals surface area contributed by atoms with Crippen molar-refractivity contribution in [2.45, 2.75) is 19.1 Å². The van der Waals surface area contributed by atoms with Crippen LogP contribution in [0.25, 0.3) is 0 Å². The molecular weight excluding hydrogens is 390 g/mol. The Morgan fingerprint density at radius 1 is 1.26 bits per heavy atom. The zero-order valence-corrected chi connectivity index (χ0v) is 16.4. The number of nitrogens with one attached hydrogen (secondary N) is 1. The van der Waals surface area contributed by atoms with Crippen molar-refractivity contribution in [1.82, 2.24) is 10.2 Å². The number of morpholine rings is 1. The standard InChI is InChI=1S/C20H21Cl2FN2O2/c1-13-12-25(9-10-27-13)18(19-16(22)7-4-8-17(19)23)11-24-20(26)14-5-2-3-6-15(14)21/h2-8,13,18H,9-12H2,1H3,(H,24,26)/t13-,18+/m0/s1. The van der Waals surface area contributed by atoms with Crippen LogP contribution in [-0.2, 0) is 4.74 Å². The number of ether oxygens (including phenoxy) is 1. The molecule has 27 heavy (non-hydrogen) atoms. The molecule has 1 aliphatic heterocycles. The Balaban J connectivity index is 1.84. The van der Waals surface area contributed by atoms with E-state index in [0.717, 1.165) is 0 Å². The van der Waals surface area contributed by atoms with Crippen LogP contribution < -0.4 is 5.32 Å². The summed E-state index contributed by atoms with van der Waals surface area (Å²) < 4.78 is 20.2. The van der Waals surface area contributed by atoms with E-state index in [0.29, 0.717) is 40.9 Å². The van der Waals surface area contributed by atoms with Crippen LogP contribution in [0.15, 0.2) is 42.5 Å². The van der Waals surface area contributed by atoms with Crippen LogP contribution in [0.5, 0.6) is 0 Å². The Bertz CT molecular complexity index is 798. The van der Waals surface area contributed by atoms with Gasteiger partial charge in [-0.3, -0.25) is 9.69 Å². The third kappa shape index (κ3) is 4.79. The van der Waals surface area contributed by atoms with Crippen LogP contribution >= 0.6 is 23.2 Å². The van der Waals surface area contributed by atoms with Gasteiger partial charge in [-0.25, -0.2) is 4.39 Å². The molecule has 1 saturated heterocycles. The SMILES string of the molecule is C[C@H]1CN([C@H](CNC(=O)c2ccccc2Cl)c2c(F)cccc2Cl)CCO1. The molecule has 144 valence electrons. The second-order valence-corrected chi connectivity index (χ2v) is 7.33. The highest BCUT2D eigenvalue weighted by Gasteiger charge is 2.29. The van der Waals surface area contributed by atoms with Gasteiger partial charge in [-0.15, -0.1) is 0 Å². The van der Waals surface area contributed by atoms with E-state index in [1.165, 1.54) is 6.07 Å². The Labute approximate surface area is 168 Å². The maximum Gasteiger partial charge on any atom is 0.252 e. The largest absolute Gasteiger partial charge is 0.376 e. The molecule has 1 heterocycles. The number of carbonyl (C=O) groups excluding carboxylic acids is 1. The average Bonchev–Trinajstić information content (AvgIpc) is 2.64. The maximum absolute atomic E-state index is 14.6. The highest BCUT2D eigenvalue weighted by molar-refractivity contribution is 6.33. The summed E-state index contributed by atoms with van der Waals surface area (Å²) in [5.41, 5.74) is 0.764. The summed E-state index contributed by atoms with van der Waals surface area (Å²) in [5.74, 6) is -0.696. The molecule has 2 aromatic carbocycles. The van der Waals surface area contributed by atoms with Crippen LogP contribution in [0.2, 0.25) is 10.0 Å². The minimum atomic E-state index is -0.406. The molecule has 3 rings (SSSR count). The predicted octanol–water partition coefficient (Wildman–Crippen LogP) is 4.32. The minimum absolute atomic E-state index is 0.0195. The number of rotatable bonds is 5. The monoisotopic (exact) mass is 410 g/mol. The first-order valence-electron chi connectivity index (χ1n) is 8.79. The lowest BCUT2D eigenvalue weighted by molar-refractivity contribution is -0.0346. The number of benzene rings is 2. The summed E-state index contributed by atoms with van der Waals surface area (Å²) in [4.78, 5) is 14.6. The van der Waals surface area contributed by atoms with Gasteiger partial charge >= 0.3 is 0 Å². The molecule has 0 aliphatic carbocycles. The molecule has 0 aromatic heterocycles. The summed E-state index contributed by atoms with van der Waals surface area (Å²) in [6, 6.07) is 11.0. The Hall–Kier alpha value is -1.66. The fourth-order valence-electron chi connectivity index (χ4n) is 3.30. The lowest BCUT2D eigenvalue weighted by atomic mass is 10.0. The Morgan fingerprint density at radius 2 is 2.00 bits per heavy atom. The number of nitrogens with zero attached hydrogens (tertiary/aromatic N) is 1. The van der Waals surface area contributed by atoms with Gasteiger partial charge in [-0.05, 0) is 31.2 Å². The first-order chi connectivity index (χ1) is 13.0. The van der Waals surface area contributed by atoms with Gasteiger partial charge in [0.25, 0.3) is 5.91 Å². The fourth-order valence-corrected chi connectivity index (χ4v) is 3.81. The summed E-state index contributed by atoms with van der Waals surface area (Å²) >= 11 is 12.4. The molecule has 1 fully saturated rings. The van der Waals surface area contributed by atoms with Crippen molar-refractivity contribution in [3.8, 4) is 0 Å². The number of amides is 1. The molecule has 2 atom stereocenters. The molecular formula is C20H21Cl2FN2O2. The van der Waals surface area contributed by atoms with Gasteiger partial charge in [0, 0.05) is 30.2 Å². The summed E-state index contributed by atoms with van der Waals surface area (Å²) in [5, 5.41) is 3.58. The first-order valence-corrected chi connectivity index (χ1v) is 9.55. The second-order valence-electron chi connectivity index (χ2n) is 6.52. The van der Waals surface area contributed by atoms with Crippen LogP contribution in [0.1, 0.15) is 28.9 Å². The molecule has 7 heteroatoms. The van der Waals surface area contributed by atoms with Crippen molar-refractivity contribution >= 4 is 29.1 Å². The summed E-state index contributed by atoms with van der Waals surface area (Å²) in [6.45, 7) is 3.97. The van der Waals surface area contributed by atoms with Crippen molar-refractivity contribution in [3.05, 3.63) is 69.5 Å². The normalized spacial score (nSPS) is 18.9. The van der Waals surface area contributed by atoms with Crippen molar-refractivity contribution in [3.63, 3.8) is 0 Å². The highest BCUT2D eigenvalue weighted by Crippen LogP contribution is 2.31. The lowest BCUT2D eigenvalue weighted by Crippen LogP contribution is -2.47. The van der Waals surface area contributed by atoms with Crippen molar-refractivity contribution < 1.29 is 13.9 Å². The quantitative estimate of drug-likeness (QED) is 0.797. The van der Waals surface area contributed by atoms with Crippen LogP contribution in [0, 0.1) is 5.82 Å². The van der Waals surface area contributed by atoms with Crippen molar-refractivity contribution in [2.24, 2.45) is 0 Å². The average molecular weight is 411 g/mol. The minimum Gasteiger partial charge on any atom is -0.376 e. The van der Waals surface area contributed by atoms with E-state index in [4.69, 9.17) is 27.9 Å². The summed E-state index contributed by atoms with van der Waals surface area (Å²) in [7, 11) is 0. The van der Waals surface area contributed by atoms with Crippen molar-refractivity contribution in [1.29, 1.82) is 0 Å². The third-order valence-corrected chi connectivity index (χ3v) is 5.28. The molecule has 0 spiro atoms. The lowest BCUT2D eigenvalue weighted by Gasteiger charge is -2.38. The van der Waals surface area contributed by atoms with E-state index in [-0.39, 0.29) is 18.6 Å². The maximum atomic E-state index is 14.6. The molecule has 0 bridgehead atoms. The number of hydrogen-bond acceptors (Lipinski definition) is 3. The van der Waals surface area contributed by atoms with E-state index in [9.17, 15) is 9.18 Å². The fraction of sp³-hybridized carbons (Fsp3) is 0.350. The zero-order valence-electron chi connectivity index (χ0n) is 14.9. The van der Waals surface area contributed by atoms with Gasteiger partial charge in [0.15, 0.2) is 0 Å². The van der Waals surface area contributed by atoms with Gasteiger partial charge in [0.2, 0.25) is 0 Å². The molecule has 1 amide bonds. The number of hydrogen-bond donors (Lipinski definition) is 1. The molecule has 0 saturated carbocycles. The topological polar surface area (TPSA) is 41.6 Å². The van der Waals surface area contributed by atoms with Gasteiger partial charge in [-0.2, -0.15) is 0 Å². The molecule has 0 radical (unpaired) electrons. The molecule has 1 N–H and O–H groups in total. The van der Waals surface area contributed by atoms with Crippen LogP contribution in [-0.4, -0.2) is 43.2 Å².